The number of Topliss-reactive ketones (excluding diaryl/α,β-unsaturated/α-hetero) is 5. The second-order valence-corrected chi connectivity index (χ2v) is 10.0. The first-order chi connectivity index (χ1) is 17.1. The van der Waals surface area contributed by atoms with Crippen molar-refractivity contribution in [1.29, 1.82) is 0 Å². The lowest BCUT2D eigenvalue weighted by Crippen LogP contribution is -2.46. The van der Waals surface area contributed by atoms with Crippen LogP contribution in [0.3, 0.4) is 0 Å². The molecule has 3 atom stereocenters. The van der Waals surface area contributed by atoms with E-state index in [2.05, 4.69) is 16.0 Å². The van der Waals surface area contributed by atoms with Crippen LogP contribution in [0.1, 0.15) is 92.9 Å². The smallest absolute Gasteiger partial charge is 0.222 e. The van der Waals surface area contributed by atoms with E-state index in [-0.39, 0.29) is 86.2 Å². The normalized spacial score (nSPS) is 13.2. The lowest BCUT2D eigenvalue weighted by Gasteiger charge is -2.22. The van der Waals surface area contributed by atoms with Gasteiger partial charge in [0.25, 0.3) is 0 Å². The van der Waals surface area contributed by atoms with Gasteiger partial charge in [-0.05, 0) is 40.5 Å². The quantitative estimate of drug-likeness (QED) is 0.226. The summed E-state index contributed by atoms with van der Waals surface area (Å²) in [5.74, 6) is -2.64. The minimum Gasteiger partial charge on any atom is -0.352 e. The molecule has 11 nitrogen and oxygen atoms in total. The molecule has 208 valence electrons. The Morgan fingerprint density at radius 2 is 0.649 bits per heavy atom. The second-order valence-electron chi connectivity index (χ2n) is 10.0. The molecule has 0 heterocycles. The summed E-state index contributed by atoms with van der Waals surface area (Å²) in [7, 11) is 0. The Labute approximate surface area is 218 Å². The monoisotopic (exact) mass is 523 g/mol. The van der Waals surface area contributed by atoms with Gasteiger partial charge in [0.1, 0.15) is 28.9 Å². The fraction of sp³-hybridized carbons (Fsp3) is 0.692. The van der Waals surface area contributed by atoms with E-state index in [1.807, 2.05) is 0 Å². The first kappa shape index (κ1) is 33.8. The van der Waals surface area contributed by atoms with Gasteiger partial charge in [0.05, 0.1) is 0 Å². The predicted octanol–water partition coefficient (Wildman–Crippen LogP) is 1.14. The van der Waals surface area contributed by atoms with Gasteiger partial charge in [-0.25, -0.2) is 0 Å². The molecule has 0 aromatic heterocycles. The Morgan fingerprint density at radius 1 is 0.405 bits per heavy atom. The molecule has 0 bridgehead atoms. The molecule has 0 radical (unpaired) electrons. The zero-order valence-electron chi connectivity index (χ0n) is 22.7. The van der Waals surface area contributed by atoms with Gasteiger partial charge in [-0.1, -0.05) is 6.92 Å². The topological polar surface area (TPSA) is 173 Å². The van der Waals surface area contributed by atoms with Crippen LogP contribution >= 0.6 is 0 Å². The van der Waals surface area contributed by atoms with Crippen LogP contribution in [0.5, 0.6) is 0 Å². The van der Waals surface area contributed by atoms with E-state index >= 15 is 0 Å². The summed E-state index contributed by atoms with van der Waals surface area (Å²) >= 11 is 0. The number of rotatable bonds is 19. The van der Waals surface area contributed by atoms with Crippen LogP contribution in [-0.4, -0.2) is 64.8 Å². The highest BCUT2D eigenvalue weighted by Gasteiger charge is 2.24. The molecule has 0 aliphatic rings. The van der Waals surface area contributed by atoms with E-state index in [1.165, 1.54) is 34.6 Å². The zero-order chi connectivity index (χ0) is 28.7. The molecule has 0 aromatic rings. The lowest BCUT2D eigenvalue weighted by molar-refractivity contribution is -0.125. The Morgan fingerprint density at radius 3 is 0.919 bits per heavy atom. The molecule has 0 saturated carbocycles. The van der Waals surface area contributed by atoms with Crippen LogP contribution in [0.4, 0.5) is 0 Å². The van der Waals surface area contributed by atoms with E-state index in [0.717, 1.165) is 0 Å². The van der Waals surface area contributed by atoms with Gasteiger partial charge < -0.3 is 20.7 Å². The maximum Gasteiger partial charge on any atom is 0.222 e. The lowest BCUT2D eigenvalue weighted by atomic mass is 10.00. The maximum absolute atomic E-state index is 12.7. The van der Waals surface area contributed by atoms with Crippen molar-refractivity contribution in [1.82, 2.24) is 16.0 Å². The molecule has 0 rings (SSSR count). The van der Waals surface area contributed by atoms with Gasteiger partial charge in [-0.2, -0.15) is 0 Å². The van der Waals surface area contributed by atoms with Crippen molar-refractivity contribution in [3.05, 3.63) is 0 Å². The Bertz CT molecular complexity index is 867. The molecule has 0 saturated heterocycles. The predicted molar refractivity (Wildman–Crippen MR) is 135 cm³/mol. The van der Waals surface area contributed by atoms with Crippen molar-refractivity contribution in [3.63, 3.8) is 0 Å². The summed E-state index contributed by atoms with van der Waals surface area (Å²) in [6, 6.07) is -2.34. The molecule has 0 fully saturated rings. The van der Waals surface area contributed by atoms with E-state index in [1.54, 1.807) is 6.92 Å². The number of hydrogen-bond donors (Lipinski definition) is 3. The van der Waals surface area contributed by atoms with Crippen LogP contribution in [0.2, 0.25) is 0 Å². The van der Waals surface area contributed by atoms with Crippen LogP contribution in [-0.2, 0) is 38.4 Å². The van der Waals surface area contributed by atoms with E-state index in [9.17, 15) is 38.4 Å². The molecule has 0 aliphatic carbocycles. The summed E-state index contributed by atoms with van der Waals surface area (Å²) in [5.41, 5.74) is 0. The average molecular weight is 524 g/mol. The number of carbonyl (C=O) groups is 8. The van der Waals surface area contributed by atoms with Crippen molar-refractivity contribution in [3.8, 4) is 0 Å². The van der Waals surface area contributed by atoms with Crippen LogP contribution < -0.4 is 16.0 Å². The summed E-state index contributed by atoms with van der Waals surface area (Å²) < 4.78 is 0. The minimum absolute atomic E-state index is 0.0213. The molecular formula is C26H41N3O8. The van der Waals surface area contributed by atoms with Gasteiger partial charge in [-0.15, -0.1) is 0 Å². The van der Waals surface area contributed by atoms with Gasteiger partial charge in [0, 0.05) is 69.5 Å². The summed E-state index contributed by atoms with van der Waals surface area (Å²) in [6.07, 6.45) is -0.474. The van der Waals surface area contributed by atoms with Gasteiger partial charge in [0.15, 0.2) is 0 Å². The zero-order valence-corrected chi connectivity index (χ0v) is 22.7. The van der Waals surface area contributed by atoms with Crippen LogP contribution in [0, 0.1) is 5.92 Å². The van der Waals surface area contributed by atoms with Gasteiger partial charge >= 0.3 is 0 Å². The standard InChI is InChI=1S/C26H41N3O8/c1-15(7-16(2)30)8-24(35)28-22(11-19(5)33)13-26(37)29-23(12-20(6)34)14-25(36)27-21(9-17(3)31)10-18(4)32/h15,21-23H,7-14H2,1-6H3,(H,27,36)(H,28,35)(H,29,37). The van der Waals surface area contributed by atoms with Crippen LogP contribution in [0.15, 0.2) is 0 Å². The molecule has 0 aromatic carbocycles. The number of amides is 3. The number of carbonyl (C=O) groups excluding carboxylic acids is 8. The summed E-state index contributed by atoms with van der Waals surface area (Å²) in [6.45, 7) is 8.52. The Hall–Kier alpha value is -3.24. The van der Waals surface area contributed by atoms with Crippen LogP contribution in [0.25, 0.3) is 0 Å². The summed E-state index contributed by atoms with van der Waals surface area (Å²) in [4.78, 5) is 95.2. The van der Waals surface area contributed by atoms with E-state index < -0.39 is 35.8 Å². The highest BCUT2D eigenvalue weighted by molar-refractivity contribution is 5.86. The molecule has 0 spiro atoms. The third-order valence-corrected chi connectivity index (χ3v) is 5.26. The largest absolute Gasteiger partial charge is 0.352 e. The van der Waals surface area contributed by atoms with Gasteiger partial charge in [0.2, 0.25) is 17.7 Å². The second kappa shape index (κ2) is 17.3. The SMILES string of the molecule is CC(=O)CC(C)CC(=O)NC(CC(C)=O)CC(=O)NC(CC(C)=O)CC(=O)NC(CC(C)=O)CC(C)=O. The highest BCUT2D eigenvalue weighted by Crippen LogP contribution is 2.10. The molecule has 3 N–H and O–H groups in total. The molecule has 3 unspecified atom stereocenters. The van der Waals surface area contributed by atoms with Crippen molar-refractivity contribution in [2.75, 3.05) is 0 Å². The third kappa shape index (κ3) is 18.7. The van der Waals surface area contributed by atoms with Crippen molar-refractivity contribution >= 4 is 46.6 Å². The fourth-order valence-electron chi connectivity index (χ4n) is 4.10. The Kier molecular flexibility index (Phi) is 15.7. The average Bonchev–Trinajstić information content (AvgIpc) is 2.64. The first-order valence-electron chi connectivity index (χ1n) is 12.4. The molecule has 11 heteroatoms. The third-order valence-electron chi connectivity index (χ3n) is 5.26. The number of nitrogens with one attached hydrogen (secondary N) is 3. The van der Waals surface area contributed by atoms with Crippen molar-refractivity contribution in [2.24, 2.45) is 5.92 Å². The Balaban J connectivity index is 5.23. The van der Waals surface area contributed by atoms with E-state index in [0.29, 0.717) is 0 Å². The number of ketones is 5. The number of hydrogen-bond acceptors (Lipinski definition) is 8. The highest BCUT2D eigenvalue weighted by atomic mass is 16.2. The van der Waals surface area contributed by atoms with Crippen molar-refractivity contribution in [2.45, 2.75) is 111 Å². The first-order valence-corrected chi connectivity index (χ1v) is 12.4. The maximum atomic E-state index is 12.7. The molecule has 37 heavy (non-hydrogen) atoms. The fourth-order valence-corrected chi connectivity index (χ4v) is 4.10. The molecule has 3 amide bonds. The molecule has 0 aliphatic heterocycles. The van der Waals surface area contributed by atoms with Gasteiger partial charge in [-0.3, -0.25) is 33.6 Å². The molecular weight excluding hydrogens is 482 g/mol. The summed E-state index contributed by atoms with van der Waals surface area (Å²) in [5, 5.41) is 7.89. The van der Waals surface area contributed by atoms with Crippen molar-refractivity contribution < 1.29 is 38.4 Å². The van der Waals surface area contributed by atoms with E-state index in [4.69, 9.17) is 0 Å². The minimum atomic E-state index is -0.857.